The quantitative estimate of drug-likeness (QED) is 0.516. The lowest BCUT2D eigenvalue weighted by Crippen LogP contribution is -1.92. The zero-order valence-corrected chi connectivity index (χ0v) is 7.19. The number of aldehydes is 1. The topological polar surface area (TPSA) is 26.3 Å². The van der Waals surface area contributed by atoms with Crippen molar-refractivity contribution in [2.45, 2.75) is 0 Å². The Morgan fingerprint density at radius 1 is 1.38 bits per heavy atom. The van der Waals surface area contributed by atoms with Gasteiger partial charge in [-0.3, -0.25) is 4.79 Å². The van der Waals surface area contributed by atoms with Crippen molar-refractivity contribution < 1.29 is 9.53 Å². The molecule has 2 nitrogen and oxygen atoms in total. The molecule has 0 atom stereocenters. The maximum atomic E-state index is 10.3. The standard InChI is InChI=1S/C11H10O2/c1-2-3-8-13-11-6-4-10(9-12)5-7-11/h3-7,9H,1,8H2. The van der Waals surface area contributed by atoms with Gasteiger partial charge in [0.25, 0.3) is 0 Å². The van der Waals surface area contributed by atoms with Gasteiger partial charge < -0.3 is 4.74 Å². The number of ether oxygens (including phenoxy) is 1. The molecule has 0 aromatic heterocycles. The summed E-state index contributed by atoms with van der Waals surface area (Å²) < 4.78 is 5.27. The highest BCUT2D eigenvalue weighted by molar-refractivity contribution is 5.74. The van der Waals surface area contributed by atoms with Crippen LogP contribution in [0.15, 0.2) is 42.7 Å². The summed E-state index contributed by atoms with van der Waals surface area (Å²) in [5, 5.41) is 0. The second-order valence-electron chi connectivity index (χ2n) is 2.41. The van der Waals surface area contributed by atoms with E-state index < -0.39 is 0 Å². The molecule has 1 aromatic carbocycles. The average Bonchev–Trinajstić information content (AvgIpc) is 2.19. The fourth-order valence-corrected chi connectivity index (χ4v) is 0.839. The predicted octanol–water partition coefficient (Wildman–Crippen LogP) is 2.22. The minimum absolute atomic E-state index is 0.448. The number of hydrogen-bond acceptors (Lipinski definition) is 2. The molecule has 0 bridgehead atoms. The molecular formula is C11H10O2. The number of hydrogen-bond donors (Lipinski definition) is 0. The minimum Gasteiger partial charge on any atom is -0.489 e. The molecule has 0 spiro atoms. The van der Waals surface area contributed by atoms with Gasteiger partial charge in [0.15, 0.2) is 0 Å². The number of carbonyl (C=O) groups excluding carboxylic acids is 1. The van der Waals surface area contributed by atoms with E-state index in [2.05, 4.69) is 12.3 Å². The third-order valence-corrected chi connectivity index (χ3v) is 1.49. The SMILES string of the molecule is C=C=CCOc1ccc(C=O)cc1. The molecule has 0 amide bonds. The highest BCUT2D eigenvalue weighted by atomic mass is 16.5. The van der Waals surface area contributed by atoms with Crippen molar-refractivity contribution in [1.82, 2.24) is 0 Å². The second kappa shape index (κ2) is 4.96. The first kappa shape index (κ1) is 9.30. The molecule has 0 radical (unpaired) electrons. The largest absolute Gasteiger partial charge is 0.489 e. The van der Waals surface area contributed by atoms with E-state index in [0.717, 1.165) is 12.0 Å². The Bertz CT molecular complexity index is 318. The van der Waals surface area contributed by atoms with Crippen molar-refractivity contribution in [3.8, 4) is 5.75 Å². The van der Waals surface area contributed by atoms with Crippen LogP contribution in [0.1, 0.15) is 10.4 Å². The molecule has 13 heavy (non-hydrogen) atoms. The first-order valence-electron chi connectivity index (χ1n) is 3.89. The highest BCUT2D eigenvalue weighted by Gasteiger charge is 1.91. The Hall–Kier alpha value is -1.79. The third kappa shape index (κ3) is 2.97. The van der Waals surface area contributed by atoms with Gasteiger partial charge in [0.2, 0.25) is 0 Å². The summed E-state index contributed by atoms with van der Waals surface area (Å²) in [5.41, 5.74) is 3.25. The fraction of sp³-hybridized carbons (Fsp3) is 0.0909. The lowest BCUT2D eigenvalue weighted by molar-refractivity contribution is 0.112. The molecule has 0 heterocycles. The Morgan fingerprint density at radius 2 is 2.08 bits per heavy atom. The number of carbonyl (C=O) groups is 1. The van der Waals surface area contributed by atoms with Gasteiger partial charge in [0.05, 0.1) is 0 Å². The van der Waals surface area contributed by atoms with Crippen LogP contribution in [0, 0.1) is 0 Å². The van der Waals surface area contributed by atoms with E-state index in [1.54, 1.807) is 30.3 Å². The van der Waals surface area contributed by atoms with Crippen molar-refractivity contribution in [3.05, 3.63) is 48.2 Å². The number of rotatable bonds is 4. The molecule has 0 unspecified atom stereocenters. The molecule has 0 saturated heterocycles. The summed E-state index contributed by atoms with van der Waals surface area (Å²) >= 11 is 0. The van der Waals surface area contributed by atoms with Gasteiger partial charge in [0.1, 0.15) is 18.6 Å². The van der Waals surface area contributed by atoms with Crippen LogP contribution < -0.4 is 4.74 Å². The molecule has 1 rings (SSSR count). The van der Waals surface area contributed by atoms with E-state index in [4.69, 9.17) is 4.74 Å². The van der Waals surface area contributed by atoms with E-state index >= 15 is 0 Å². The Kier molecular flexibility index (Phi) is 3.55. The molecule has 0 fully saturated rings. The van der Waals surface area contributed by atoms with Crippen LogP contribution in [0.5, 0.6) is 5.75 Å². The zero-order valence-electron chi connectivity index (χ0n) is 7.19. The monoisotopic (exact) mass is 174 g/mol. The molecule has 66 valence electrons. The summed E-state index contributed by atoms with van der Waals surface area (Å²) in [6, 6.07) is 6.92. The fourth-order valence-electron chi connectivity index (χ4n) is 0.839. The van der Waals surface area contributed by atoms with Crippen molar-refractivity contribution >= 4 is 6.29 Å². The van der Waals surface area contributed by atoms with Gasteiger partial charge in [0, 0.05) is 5.56 Å². The lowest BCUT2D eigenvalue weighted by atomic mass is 10.2. The van der Waals surface area contributed by atoms with Crippen LogP contribution in [0.4, 0.5) is 0 Å². The Morgan fingerprint density at radius 3 is 2.62 bits per heavy atom. The smallest absolute Gasteiger partial charge is 0.150 e. The maximum absolute atomic E-state index is 10.3. The highest BCUT2D eigenvalue weighted by Crippen LogP contribution is 2.10. The van der Waals surface area contributed by atoms with Gasteiger partial charge in [-0.1, -0.05) is 6.58 Å². The molecule has 2 heteroatoms. The van der Waals surface area contributed by atoms with E-state index in [1.165, 1.54) is 0 Å². The first-order valence-corrected chi connectivity index (χ1v) is 3.89. The maximum Gasteiger partial charge on any atom is 0.150 e. The van der Waals surface area contributed by atoms with Crippen molar-refractivity contribution in [3.63, 3.8) is 0 Å². The lowest BCUT2D eigenvalue weighted by Gasteiger charge is -2.01. The van der Waals surface area contributed by atoms with Gasteiger partial charge in [-0.05, 0) is 30.3 Å². The first-order chi connectivity index (χ1) is 6.36. The van der Waals surface area contributed by atoms with Gasteiger partial charge >= 0.3 is 0 Å². The van der Waals surface area contributed by atoms with Crippen molar-refractivity contribution in [2.24, 2.45) is 0 Å². The van der Waals surface area contributed by atoms with Crippen LogP contribution in [0.3, 0.4) is 0 Å². The van der Waals surface area contributed by atoms with Crippen LogP contribution in [-0.4, -0.2) is 12.9 Å². The molecule has 0 N–H and O–H groups in total. The molecule has 0 aliphatic carbocycles. The summed E-state index contributed by atoms with van der Waals surface area (Å²) in [7, 11) is 0. The summed E-state index contributed by atoms with van der Waals surface area (Å²) in [5.74, 6) is 0.733. The van der Waals surface area contributed by atoms with Crippen LogP contribution in [0.25, 0.3) is 0 Å². The van der Waals surface area contributed by atoms with Crippen molar-refractivity contribution in [2.75, 3.05) is 6.61 Å². The van der Waals surface area contributed by atoms with Gasteiger partial charge in [-0.25, -0.2) is 0 Å². The van der Waals surface area contributed by atoms with E-state index in [9.17, 15) is 4.79 Å². The van der Waals surface area contributed by atoms with Crippen LogP contribution in [-0.2, 0) is 0 Å². The second-order valence-corrected chi connectivity index (χ2v) is 2.41. The molecule has 1 aromatic rings. The minimum atomic E-state index is 0.448. The van der Waals surface area contributed by atoms with Crippen LogP contribution >= 0.6 is 0 Å². The molecule has 0 aliphatic heterocycles. The number of benzene rings is 1. The third-order valence-electron chi connectivity index (χ3n) is 1.49. The van der Waals surface area contributed by atoms with E-state index in [1.807, 2.05) is 0 Å². The van der Waals surface area contributed by atoms with E-state index in [-0.39, 0.29) is 0 Å². The predicted molar refractivity (Wildman–Crippen MR) is 51.0 cm³/mol. The Balaban J connectivity index is 2.58. The van der Waals surface area contributed by atoms with Gasteiger partial charge in [-0.15, -0.1) is 5.73 Å². The van der Waals surface area contributed by atoms with Crippen molar-refractivity contribution in [1.29, 1.82) is 0 Å². The van der Waals surface area contributed by atoms with Gasteiger partial charge in [-0.2, -0.15) is 0 Å². The zero-order chi connectivity index (χ0) is 9.52. The summed E-state index contributed by atoms with van der Waals surface area (Å²) in [4.78, 5) is 10.3. The normalized spacial score (nSPS) is 8.62. The summed E-state index contributed by atoms with van der Waals surface area (Å²) in [6.07, 6.45) is 2.49. The van der Waals surface area contributed by atoms with E-state index in [0.29, 0.717) is 12.2 Å². The average molecular weight is 174 g/mol. The van der Waals surface area contributed by atoms with Crippen LogP contribution in [0.2, 0.25) is 0 Å². The molecule has 0 aliphatic rings. The Labute approximate surface area is 77.2 Å². The summed E-state index contributed by atoms with van der Waals surface area (Å²) in [6.45, 7) is 3.86. The molecular weight excluding hydrogens is 164 g/mol. The molecule has 0 saturated carbocycles.